The van der Waals surface area contributed by atoms with Crippen LogP contribution in [0.25, 0.3) is 0 Å². The molecule has 48 heavy (non-hydrogen) atoms. The SMILES string of the molecule is CCOC(=O)CC[C@H](NC(=O)[C@H](Cc1ccccc1)C(=O)Nc1ccc2c(c1)OCC(=O)N2Cc1ccc(C(=N)N)cc1)C(=O)OCC. The van der Waals surface area contributed by atoms with Crippen LogP contribution in [0.1, 0.15) is 43.4 Å². The summed E-state index contributed by atoms with van der Waals surface area (Å²) in [5, 5.41) is 13.0. The van der Waals surface area contributed by atoms with Crippen molar-refractivity contribution in [3.8, 4) is 5.75 Å². The number of esters is 2. The normalized spacial score (nSPS) is 13.3. The molecule has 0 radical (unpaired) electrons. The minimum absolute atomic E-state index is 0.0259. The molecule has 13 heteroatoms. The van der Waals surface area contributed by atoms with E-state index in [1.54, 1.807) is 85.5 Å². The Bertz CT molecular complexity index is 1640. The molecule has 1 heterocycles. The molecule has 0 aromatic heterocycles. The van der Waals surface area contributed by atoms with E-state index < -0.39 is 35.7 Å². The Hall–Kier alpha value is -5.72. The molecular formula is C35H39N5O8. The largest absolute Gasteiger partial charge is 0.481 e. The number of fused-ring (bicyclic) bond motifs is 1. The average molecular weight is 658 g/mol. The van der Waals surface area contributed by atoms with E-state index >= 15 is 0 Å². The topological polar surface area (TPSA) is 190 Å². The van der Waals surface area contributed by atoms with Crippen molar-refractivity contribution in [3.05, 3.63) is 89.5 Å². The number of nitrogen functional groups attached to an aromatic ring is 1. The second kappa shape index (κ2) is 16.7. The number of anilines is 2. The first-order valence-corrected chi connectivity index (χ1v) is 15.6. The lowest BCUT2D eigenvalue weighted by Crippen LogP contribution is -2.48. The monoisotopic (exact) mass is 657 g/mol. The molecule has 5 N–H and O–H groups in total. The van der Waals surface area contributed by atoms with Crippen molar-refractivity contribution in [2.45, 2.75) is 45.7 Å². The highest BCUT2D eigenvalue weighted by molar-refractivity contribution is 6.08. The molecule has 3 amide bonds. The minimum Gasteiger partial charge on any atom is -0.481 e. The van der Waals surface area contributed by atoms with Crippen molar-refractivity contribution in [3.63, 3.8) is 0 Å². The molecule has 0 saturated heterocycles. The van der Waals surface area contributed by atoms with E-state index in [0.29, 0.717) is 28.3 Å². The Morgan fingerprint density at radius 2 is 1.65 bits per heavy atom. The third kappa shape index (κ3) is 9.41. The first-order chi connectivity index (χ1) is 23.1. The summed E-state index contributed by atoms with van der Waals surface area (Å²) in [5.74, 6) is -3.83. The van der Waals surface area contributed by atoms with Gasteiger partial charge in [-0.3, -0.25) is 24.6 Å². The number of nitrogens with one attached hydrogen (secondary N) is 3. The zero-order valence-electron chi connectivity index (χ0n) is 26.8. The van der Waals surface area contributed by atoms with Gasteiger partial charge < -0.3 is 35.5 Å². The van der Waals surface area contributed by atoms with Crippen molar-refractivity contribution in [2.24, 2.45) is 11.7 Å². The fraction of sp³-hybridized carbons (Fsp3) is 0.314. The molecule has 13 nitrogen and oxygen atoms in total. The lowest BCUT2D eigenvalue weighted by Gasteiger charge is -2.30. The van der Waals surface area contributed by atoms with Crippen LogP contribution in [0, 0.1) is 11.3 Å². The summed E-state index contributed by atoms with van der Waals surface area (Å²) in [7, 11) is 0. The molecule has 4 rings (SSSR count). The van der Waals surface area contributed by atoms with Gasteiger partial charge in [0, 0.05) is 23.7 Å². The number of hydrogen-bond donors (Lipinski definition) is 4. The fourth-order valence-corrected chi connectivity index (χ4v) is 5.07. The van der Waals surface area contributed by atoms with Gasteiger partial charge in [0.05, 0.1) is 25.4 Å². The zero-order chi connectivity index (χ0) is 34.6. The van der Waals surface area contributed by atoms with Crippen LogP contribution in [0.15, 0.2) is 72.8 Å². The van der Waals surface area contributed by atoms with E-state index in [2.05, 4.69) is 10.6 Å². The highest BCUT2D eigenvalue weighted by atomic mass is 16.5. The summed E-state index contributed by atoms with van der Waals surface area (Å²) in [6.07, 6.45) is -0.176. The van der Waals surface area contributed by atoms with Gasteiger partial charge in [0.1, 0.15) is 23.5 Å². The second-order valence-electron chi connectivity index (χ2n) is 11.0. The summed E-state index contributed by atoms with van der Waals surface area (Å²) in [6.45, 7) is 3.56. The maximum absolute atomic E-state index is 13.7. The number of benzene rings is 3. The van der Waals surface area contributed by atoms with Crippen molar-refractivity contribution in [1.82, 2.24) is 5.32 Å². The molecule has 252 valence electrons. The Kier molecular flexibility index (Phi) is 12.2. The summed E-state index contributed by atoms with van der Waals surface area (Å²) < 4.78 is 15.8. The van der Waals surface area contributed by atoms with Gasteiger partial charge in [-0.05, 0) is 49.9 Å². The van der Waals surface area contributed by atoms with Crippen LogP contribution in [-0.4, -0.2) is 61.4 Å². The third-order valence-electron chi connectivity index (χ3n) is 7.52. The van der Waals surface area contributed by atoms with Gasteiger partial charge in [-0.15, -0.1) is 0 Å². The Morgan fingerprint density at radius 1 is 0.938 bits per heavy atom. The molecule has 0 fully saturated rings. The molecule has 0 saturated carbocycles. The van der Waals surface area contributed by atoms with Crippen LogP contribution < -0.4 is 26.0 Å². The van der Waals surface area contributed by atoms with Gasteiger partial charge in [0.15, 0.2) is 6.61 Å². The quantitative estimate of drug-likeness (QED) is 0.0824. The van der Waals surface area contributed by atoms with Crippen molar-refractivity contribution in [2.75, 3.05) is 30.0 Å². The second-order valence-corrected chi connectivity index (χ2v) is 11.0. The molecule has 1 aliphatic rings. The summed E-state index contributed by atoms with van der Waals surface area (Å²) >= 11 is 0. The molecule has 3 aromatic rings. The fourth-order valence-electron chi connectivity index (χ4n) is 5.07. The van der Waals surface area contributed by atoms with Gasteiger partial charge in [0.2, 0.25) is 11.8 Å². The molecule has 0 unspecified atom stereocenters. The molecule has 0 spiro atoms. The van der Waals surface area contributed by atoms with E-state index in [1.165, 1.54) is 0 Å². The lowest BCUT2D eigenvalue weighted by atomic mass is 9.96. The highest BCUT2D eigenvalue weighted by Gasteiger charge is 2.32. The van der Waals surface area contributed by atoms with Gasteiger partial charge in [-0.25, -0.2) is 4.79 Å². The summed E-state index contributed by atoms with van der Waals surface area (Å²) in [5.41, 5.74) is 8.47. The van der Waals surface area contributed by atoms with Crippen LogP contribution in [0.2, 0.25) is 0 Å². The number of ether oxygens (including phenoxy) is 3. The maximum Gasteiger partial charge on any atom is 0.328 e. The Morgan fingerprint density at radius 3 is 2.31 bits per heavy atom. The van der Waals surface area contributed by atoms with Crippen molar-refractivity contribution in [1.29, 1.82) is 5.41 Å². The van der Waals surface area contributed by atoms with E-state index in [1.807, 2.05) is 6.07 Å². The smallest absolute Gasteiger partial charge is 0.328 e. The molecular weight excluding hydrogens is 618 g/mol. The van der Waals surface area contributed by atoms with E-state index in [9.17, 15) is 24.0 Å². The first-order valence-electron chi connectivity index (χ1n) is 15.6. The van der Waals surface area contributed by atoms with Crippen LogP contribution in [0.3, 0.4) is 0 Å². The number of amidine groups is 1. The van der Waals surface area contributed by atoms with Gasteiger partial charge in [-0.2, -0.15) is 0 Å². The Balaban J connectivity index is 1.53. The van der Waals surface area contributed by atoms with E-state index in [4.69, 9.17) is 25.4 Å². The number of carbonyl (C=O) groups excluding carboxylic acids is 5. The minimum atomic E-state index is -1.26. The maximum atomic E-state index is 13.7. The van der Waals surface area contributed by atoms with Crippen LogP contribution >= 0.6 is 0 Å². The molecule has 3 aromatic carbocycles. The Labute approximate surface area is 278 Å². The number of hydrogen-bond acceptors (Lipinski definition) is 9. The average Bonchev–Trinajstić information content (AvgIpc) is 3.07. The van der Waals surface area contributed by atoms with E-state index in [0.717, 1.165) is 5.56 Å². The predicted molar refractivity (Wildman–Crippen MR) is 177 cm³/mol. The van der Waals surface area contributed by atoms with E-state index in [-0.39, 0.29) is 57.4 Å². The standard InChI is InChI=1S/C35H39N5O8/c1-3-46-31(42)17-15-27(35(45)47-4-2)39-34(44)26(18-22-8-6-5-7-9-22)33(43)38-25-14-16-28-29(19-25)48-21-30(41)40(28)20-23-10-12-24(13-11-23)32(36)37/h5-14,16,19,26-27H,3-4,15,17-18,20-21H2,1-2H3,(H3,36,37)(H,38,43)(H,39,44)/t26-,27+/m1/s1. The molecule has 1 aliphatic heterocycles. The van der Waals surface area contributed by atoms with Gasteiger partial charge in [0.25, 0.3) is 5.91 Å². The van der Waals surface area contributed by atoms with Crippen molar-refractivity contribution >= 4 is 46.9 Å². The highest BCUT2D eigenvalue weighted by Crippen LogP contribution is 2.35. The van der Waals surface area contributed by atoms with Crippen LogP contribution in [0.4, 0.5) is 11.4 Å². The predicted octanol–water partition coefficient (Wildman–Crippen LogP) is 3.08. The summed E-state index contributed by atoms with van der Waals surface area (Å²) in [6, 6.07) is 19.6. The number of rotatable bonds is 15. The summed E-state index contributed by atoms with van der Waals surface area (Å²) in [4.78, 5) is 66.4. The number of nitrogens with zero attached hydrogens (tertiary/aromatic N) is 1. The molecule has 2 atom stereocenters. The zero-order valence-corrected chi connectivity index (χ0v) is 26.8. The van der Waals surface area contributed by atoms with Gasteiger partial charge in [-0.1, -0.05) is 54.6 Å². The number of nitrogens with two attached hydrogens (primary N) is 1. The van der Waals surface area contributed by atoms with Crippen LogP contribution in [-0.2, 0) is 46.4 Å². The number of carbonyl (C=O) groups is 5. The van der Waals surface area contributed by atoms with Crippen molar-refractivity contribution < 1.29 is 38.2 Å². The third-order valence-corrected chi connectivity index (χ3v) is 7.52. The van der Waals surface area contributed by atoms with Crippen LogP contribution in [0.5, 0.6) is 5.75 Å². The molecule has 0 aliphatic carbocycles. The molecule has 0 bridgehead atoms. The first kappa shape index (κ1) is 35.1. The van der Waals surface area contributed by atoms with Gasteiger partial charge >= 0.3 is 11.9 Å². The number of amides is 3. The lowest BCUT2D eigenvalue weighted by molar-refractivity contribution is -0.150.